The van der Waals surface area contributed by atoms with E-state index >= 15 is 0 Å². The lowest BCUT2D eigenvalue weighted by atomic mass is 9.79. The van der Waals surface area contributed by atoms with Gasteiger partial charge in [0.15, 0.2) is 0 Å². The Morgan fingerprint density at radius 2 is 1.83 bits per heavy atom. The highest BCUT2D eigenvalue weighted by molar-refractivity contribution is 7.91. The van der Waals surface area contributed by atoms with Gasteiger partial charge in [-0.15, -0.1) is 11.3 Å². The van der Waals surface area contributed by atoms with Crippen LogP contribution in [0.5, 0.6) is 0 Å². The number of nitrogens with zero attached hydrogens (tertiary/aromatic N) is 2. The van der Waals surface area contributed by atoms with Gasteiger partial charge in [0, 0.05) is 44.2 Å². The van der Waals surface area contributed by atoms with E-state index in [0.717, 1.165) is 39.1 Å². The first-order chi connectivity index (χ1) is 14.5. The predicted molar refractivity (Wildman–Crippen MR) is 117 cm³/mol. The Labute approximate surface area is 183 Å². The normalized spacial score (nSPS) is 24.5. The average molecular weight is 456 g/mol. The van der Waals surface area contributed by atoms with Crippen molar-refractivity contribution in [1.29, 1.82) is 0 Å². The lowest BCUT2D eigenvalue weighted by Gasteiger charge is -2.48. The number of ether oxygens (including phenoxy) is 1. The SMILES string of the molecule is O=C(NCC1(N2CCOCC2)CCCCC1)C1CCN(S(=O)(=O)c2cccs2)CC1. The second-order valence-electron chi connectivity index (χ2n) is 8.71. The third-order valence-corrected chi connectivity index (χ3v) is 10.2. The van der Waals surface area contributed by atoms with Crippen LogP contribution in [0.2, 0.25) is 0 Å². The van der Waals surface area contributed by atoms with Crippen molar-refractivity contribution >= 4 is 27.3 Å². The average Bonchev–Trinajstić information content (AvgIpc) is 3.35. The molecule has 3 heterocycles. The summed E-state index contributed by atoms with van der Waals surface area (Å²) < 4.78 is 32.8. The van der Waals surface area contributed by atoms with Crippen LogP contribution in [0.15, 0.2) is 21.7 Å². The highest BCUT2D eigenvalue weighted by Crippen LogP contribution is 2.34. The van der Waals surface area contributed by atoms with Crippen LogP contribution in [0, 0.1) is 5.92 Å². The molecule has 30 heavy (non-hydrogen) atoms. The molecule has 0 unspecified atom stereocenters. The molecule has 9 heteroatoms. The molecule has 1 aromatic rings. The molecule has 3 fully saturated rings. The maximum absolute atomic E-state index is 12.9. The topological polar surface area (TPSA) is 79.0 Å². The number of piperidine rings is 1. The number of nitrogens with one attached hydrogen (secondary N) is 1. The summed E-state index contributed by atoms with van der Waals surface area (Å²) in [4.78, 5) is 15.5. The highest BCUT2D eigenvalue weighted by Gasteiger charge is 2.40. The third kappa shape index (κ3) is 4.75. The number of carbonyl (C=O) groups excluding carboxylic acids is 1. The van der Waals surface area contributed by atoms with E-state index in [1.807, 2.05) is 0 Å². The molecule has 0 bridgehead atoms. The molecule has 0 radical (unpaired) electrons. The smallest absolute Gasteiger partial charge is 0.252 e. The fourth-order valence-electron chi connectivity index (χ4n) is 5.14. The van der Waals surface area contributed by atoms with E-state index in [4.69, 9.17) is 4.74 Å². The number of rotatable bonds is 6. The first-order valence-electron chi connectivity index (χ1n) is 11.2. The predicted octanol–water partition coefficient (Wildman–Crippen LogP) is 2.30. The van der Waals surface area contributed by atoms with Crippen molar-refractivity contribution in [2.75, 3.05) is 45.9 Å². The van der Waals surface area contributed by atoms with Crippen LogP contribution in [0.25, 0.3) is 0 Å². The first kappa shape index (κ1) is 22.2. The number of hydrogen-bond donors (Lipinski definition) is 1. The van der Waals surface area contributed by atoms with Crippen molar-refractivity contribution in [1.82, 2.24) is 14.5 Å². The quantitative estimate of drug-likeness (QED) is 0.712. The number of sulfonamides is 1. The number of thiophene rings is 1. The molecule has 0 atom stereocenters. The van der Waals surface area contributed by atoms with E-state index in [-0.39, 0.29) is 17.4 Å². The second kappa shape index (κ2) is 9.65. The van der Waals surface area contributed by atoms with Crippen molar-refractivity contribution < 1.29 is 17.9 Å². The Morgan fingerprint density at radius 1 is 1.13 bits per heavy atom. The Balaban J connectivity index is 1.32. The van der Waals surface area contributed by atoms with Crippen LogP contribution in [0.4, 0.5) is 0 Å². The van der Waals surface area contributed by atoms with Gasteiger partial charge in [-0.25, -0.2) is 8.42 Å². The molecule has 1 aromatic heterocycles. The molecular formula is C21H33N3O4S2. The molecule has 3 aliphatic rings. The second-order valence-corrected chi connectivity index (χ2v) is 11.8. The largest absolute Gasteiger partial charge is 0.379 e. The van der Waals surface area contributed by atoms with Crippen molar-refractivity contribution in [3.8, 4) is 0 Å². The Morgan fingerprint density at radius 3 is 2.47 bits per heavy atom. The van der Waals surface area contributed by atoms with Crippen LogP contribution < -0.4 is 5.32 Å². The molecule has 1 saturated carbocycles. The molecule has 1 N–H and O–H groups in total. The highest BCUT2D eigenvalue weighted by atomic mass is 32.2. The molecule has 168 valence electrons. The third-order valence-electron chi connectivity index (χ3n) is 6.97. The standard InChI is InChI=1S/C21H33N3O4S2/c25-20(18-6-10-24(11-7-18)30(26,27)19-5-4-16-29-19)22-17-21(8-2-1-3-9-21)23-12-14-28-15-13-23/h4-5,16,18H,1-3,6-15,17H2,(H,22,25). The van der Waals surface area contributed by atoms with Crippen molar-refractivity contribution in [2.24, 2.45) is 5.92 Å². The number of amides is 1. The van der Waals surface area contributed by atoms with Gasteiger partial charge in [0.05, 0.1) is 13.2 Å². The maximum atomic E-state index is 12.9. The summed E-state index contributed by atoms with van der Waals surface area (Å²) in [6, 6.07) is 3.40. The van der Waals surface area contributed by atoms with E-state index in [0.29, 0.717) is 36.7 Å². The number of carbonyl (C=O) groups is 1. The monoisotopic (exact) mass is 455 g/mol. The van der Waals surface area contributed by atoms with Crippen LogP contribution in [-0.4, -0.2) is 75.0 Å². The number of morpholine rings is 1. The van der Waals surface area contributed by atoms with Gasteiger partial charge in [0.2, 0.25) is 5.91 Å². The van der Waals surface area contributed by atoms with Gasteiger partial charge in [-0.2, -0.15) is 4.31 Å². The first-order valence-corrected chi connectivity index (χ1v) is 13.5. The zero-order chi connectivity index (χ0) is 21.0. The summed E-state index contributed by atoms with van der Waals surface area (Å²) in [5.74, 6) is -0.0218. The van der Waals surface area contributed by atoms with Crippen molar-refractivity contribution in [3.63, 3.8) is 0 Å². The van der Waals surface area contributed by atoms with E-state index in [2.05, 4.69) is 10.2 Å². The van der Waals surface area contributed by atoms with Gasteiger partial charge in [0.1, 0.15) is 4.21 Å². The molecule has 2 saturated heterocycles. The van der Waals surface area contributed by atoms with Gasteiger partial charge in [-0.3, -0.25) is 9.69 Å². The molecule has 7 nitrogen and oxygen atoms in total. The molecule has 1 amide bonds. The van der Waals surface area contributed by atoms with Crippen LogP contribution in [-0.2, 0) is 19.6 Å². The Hall–Kier alpha value is -1.00. The van der Waals surface area contributed by atoms with Crippen LogP contribution >= 0.6 is 11.3 Å². The minimum absolute atomic E-state index is 0.0565. The molecule has 2 aliphatic heterocycles. The summed E-state index contributed by atoms with van der Waals surface area (Å²) in [6.07, 6.45) is 7.13. The minimum atomic E-state index is -3.42. The molecule has 1 aliphatic carbocycles. The fourth-order valence-corrected chi connectivity index (χ4v) is 7.76. The Bertz CT molecular complexity index is 792. The van der Waals surface area contributed by atoms with Gasteiger partial charge >= 0.3 is 0 Å². The van der Waals surface area contributed by atoms with E-state index in [9.17, 15) is 13.2 Å². The van der Waals surface area contributed by atoms with E-state index in [1.165, 1.54) is 34.9 Å². The maximum Gasteiger partial charge on any atom is 0.252 e. The molecule has 0 aromatic carbocycles. The summed E-state index contributed by atoms with van der Waals surface area (Å²) >= 11 is 1.25. The zero-order valence-electron chi connectivity index (χ0n) is 17.6. The van der Waals surface area contributed by atoms with E-state index < -0.39 is 10.0 Å². The van der Waals surface area contributed by atoms with Gasteiger partial charge < -0.3 is 10.1 Å². The number of hydrogen-bond acceptors (Lipinski definition) is 6. The minimum Gasteiger partial charge on any atom is -0.379 e. The summed E-state index contributed by atoms with van der Waals surface area (Å²) in [7, 11) is -3.42. The Kier molecular flexibility index (Phi) is 7.14. The van der Waals surface area contributed by atoms with Gasteiger partial charge in [-0.1, -0.05) is 25.3 Å². The fraction of sp³-hybridized carbons (Fsp3) is 0.762. The van der Waals surface area contributed by atoms with Crippen molar-refractivity contribution in [2.45, 2.75) is 54.7 Å². The van der Waals surface area contributed by atoms with Gasteiger partial charge in [0.25, 0.3) is 10.0 Å². The van der Waals surface area contributed by atoms with E-state index in [1.54, 1.807) is 17.5 Å². The molecule has 0 spiro atoms. The summed E-state index contributed by atoms with van der Waals surface area (Å²) in [6.45, 7) is 4.93. The summed E-state index contributed by atoms with van der Waals surface area (Å²) in [5, 5.41) is 5.03. The molecular weight excluding hydrogens is 422 g/mol. The van der Waals surface area contributed by atoms with Crippen LogP contribution in [0.1, 0.15) is 44.9 Å². The lowest BCUT2D eigenvalue weighted by Crippen LogP contribution is -2.60. The lowest BCUT2D eigenvalue weighted by molar-refractivity contribution is -0.127. The van der Waals surface area contributed by atoms with Crippen molar-refractivity contribution in [3.05, 3.63) is 17.5 Å². The molecule has 4 rings (SSSR count). The zero-order valence-corrected chi connectivity index (χ0v) is 19.2. The van der Waals surface area contributed by atoms with Crippen LogP contribution in [0.3, 0.4) is 0 Å². The summed E-state index contributed by atoms with van der Waals surface area (Å²) in [5.41, 5.74) is 0.0565. The van der Waals surface area contributed by atoms with Gasteiger partial charge in [-0.05, 0) is 37.1 Å².